The van der Waals surface area contributed by atoms with E-state index in [1.807, 2.05) is 18.3 Å². The second kappa shape index (κ2) is 8.69. The molecule has 7 heteroatoms. The van der Waals surface area contributed by atoms with Crippen LogP contribution in [-0.4, -0.2) is 35.9 Å². The van der Waals surface area contributed by atoms with Crippen molar-refractivity contribution in [1.29, 1.82) is 0 Å². The number of carbonyl (C=O) groups excluding carboxylic acids is 1. The van der Waals surface area contributed by atoms with Gasteiger partial charge < -0.3 is 14.5 Å². The molecule has 3 aromatic rings. The van der Waals surface area contributed by atoms with E-state index in [9.17, 15) is 13.6 Å². The molecule has 2 fully saturated rings. The van der Waals surface area contributed by atoms with Crippen molar-refractivity contribution in [3.63, 3.8) is 0 Å². The molecule has 2 atom stereocenters. The highest BCUT2D eigenvalue weighted by molar-refractivity contribution is 5.88. The largest absolute Gasteiger partial charge is 0.496 e. The molecule has 2 aliphatic rings. The lowest BCUT2D eigenvalue weighted by atomic mass is 9.72. The van der Waals surface area contributed by atoms with Crippen molar-refractivity contribution in [2.45, 2.75) is 57.5 Å². The van der Waals surface area contributed by atoms with E-state index in [2.05, 4.69) is 28.9 Å². The Morgan fingerprint density at radius 1 is 1.18 bits per heavy atom. The molecule has 0 bridgehead atoms. The summed E-state index contributed by atoms with van der Waals surface area (Å²) in [5, 5.41) is 1.12. The lowest BCUT2D eigenvalue weighted by Crippen LogP contribution is -2.41. The quantitative estimate of drug-likeness (QED) is 0.440. The Kier molecular flexibility index (Phi) is 5.84. The Morgan fingerprint density at radius 2 is 1.97 bits per heavy atom. The van der Waals surface area contributed by atoms with Gasteiger partial charge in [0.05, 0.1) is 7.11 Å². The summed E-state index contributed by atoms with van der Waals surface area (Å²) < 4.78 is 39.3. The van der Waals surface area contributed by atoms with E-state index in [1.165, 1.54) is 0 Å². The number of carbonyl (C=O) groups is 1. The van der Waals surface area contributed by atoms with Crippen LogP contribution in [0, 0.1) is 12.3 Å². The molecule has 1 saturated carbocycles. The Balaban J connectivity index is 1.51. The van der Waals surface area contributed by atoms with Crippen LogP contribution in [0.25, 0.3) is 10.9 Å². The summed E-state index contributed by atoms with van der Waals surface area (Å²) >= 11 is 0. The fourth-order valence-corrected chi connectivity index (χ4v) is 6.07. The summed E-state index contributed by atoms with van der Waals surface area (Å²) in [5.41, 5.74) is 4.01. The first kappa shape index (κ1) is 22.8. The lowest BCUT2D eigenvalue weighted by molar-refractivity contribution is -0.120. The van der Waals surface area contributed by atoms with Crippen molar-refractivity contribution in [2.24, 2.45) is 5.41 Å². The number of alkyl halides is 2. The monoisotopic (exact) mass is 468 g/mol. The van der Waals surface area contributed by atoms with Gasteiger partial charge in [0.2, 0.25) is 5.92 Å². The Bertz CT molecular complexity index is 1190. The Hall–Kier alpha value is -2.93. The zero-order valence-electron chi connectivity index (χ0n) is 19.6. The molecule has 1 saturated heterocycles. The van der Waals surface area contributed by atoms with Crippen LogP contribution in [0.4, 0.5) is 8.78 Å². The molecule has 1 aliphatic heterocycles. The fraction of sp³-hybridized carbons (Fsp3) is 0.444. The SMILES string of the molecule is COc1cc(C)c2[nH]ccc2c1CN1CCC2(CCC(F)(F)C2)C[C@H]1c1ccc(OC=O)cc1. The van der Waals surface area contributed by atoms with Crippen molar-refractivity contribution < 1.29 is 23.0 Å². The maximum Gasteiger partial charge on any atom is 0.298 e. The third kappa shape index (κ3) is 4.17. The highest BCUT2D eigenvalue weighted by Crippen LogP contribution is 2.56. The van der Waals surface area contributed by atoms with Gasteiger partial charge in [-0.15, -0.1) is 0 Å². The van der Waals surface area contributed by atoms with Crippen LogP contribution >= 0.6 is 0 Å². The van der Waals surface area contributed by atoms with Crippen LogP contribution in [0.15, 0.2) is 42.6 Å². The van der Waals surface area contributed by atoms with Gasteiger partial charge in [-0.25, -0.2) is 8.78 Å². The van der Waals surface area contributed by atoms with Crippen LogP contribution in [0.3, 0.4) is 0 Å². The normalized spacial score (nSPS) is 24.5. The maximum atomic E-state index is 14.3. The summed E-state index contributed by atoms with van der Waals surface area (Å²) in [5.74, 6) is -1.27. The second-order valence-electron chi connectivity index (χ2n) is 9.90. The number of hydrogen-bond donors (Lipinski definition) is 1. The van der Waals surface area contributed by atoms with Gasteiger partial charge in [-0.2, -0.15) is 0 Å². The first-order valence-electron chi connectivity index (χ1n) is 11.8. The number of aryl methyl sites for hydroxylation is 1. The van der Waals surface area contributed by atoms with E-state index in [-0.39, 0.29) is 24.3 Å². The van der Waals surface area contributed by atoms with E-state index >= 15 is 0 Å². The first-order valence-corrected chi connectivity index (χ1v) is 11.8. The van der Waals surface area contributed by atoms with Crippen molar-refractivity contribution in [3.8, 4) is 11.5 Å². The third-order valence-electron chi connectivity index (χ3n) is 7.79. The second-order valence-corrected chi connectivity index (χ2v) is 9.90. The van der Waals surface area contributed by atoms with Crippen molar-refractivity contribution in [1.82, 2.24) is 9.88 Å². The van der Waals surface area contributed by atoms with Gasteiger partial charge in [-0.3, -0.25) is 9.69 Å². The molecule has 1 N–H and O–H groups in total. The average Bonchev–Trinajstić information content (AvgIpc) is 3.42. The molecule has 0 radical (unpaired) electrons. The van der Waals surface area contributed by atoms with E-state index in [0.29, 0.717) is 31.6 Å². The van der Waals surface area contributed by atoms with E-state index in [0.717, 1.165) is 46.3 Å². The van der Waals surface area contributed by atoms with Gasteiger partial charge in [-0.1, -0.05) is 12.1 Å². The smallest absolute Gasteiger partial charge is 0.298 e. The van der Waals surface area contributed by atoms with Crippen LogP contribution in [-0.2, 0) is 11.3 Å². The summed E-state index contributed by atoms with van der Waals surface area (Å²) in [6, 6.07) is 11.5. The number of aromatic amines is 1. The van der Waals surface area contributed by atoms with E-state index in [4.69, 9.17) is 9.47 Å². The minimum atomic E-state index is -2.58. The van der Waals surface area contributed by atoms with Gasteiger partial charge in [0.15, 0.2) is 0 Å². The molecule has 0 amide bonds. The third-order valence-corrected chi connectivity index (χ3v) is 7.79. The number of benzene rings is 2. The number of rotatable bonds is 6. The van der Waals surface area contributed by atoms with Gasteiger partial charge in [0, 0.05) is 48.1 Å². The van der Waals surface area contributed by atoms with Gasteiger partial charge >= 0.3 is 0 Å². The number of fused-ring (bicyclic) bond motifs is 1. The number of methoxy groups -OCH3 is 1. The zero-order valence-corrected chi connectivity index (χ0v) is 19.6. The molecule has 1 unspecified atom stereocenters. The number of aromatic nitrogens is 1. The van der Waals surface area contributed by atoms with Crippen molar-refractivity contribution in [2.75, 3.05) is 13.7 Å². The average molecular weight is 469 g/mol. The predicted octanol–water partition coefficient (Wildman–Crippen LogP) is 6.16. The minimum Gasteiger partial charge on any atom is -0.496 e. The summed E-state index contributed by atoms with van der Waals surface area (Å²) in [6.07, 6.45) is 3.88. The topological polar surface area (TPSA) is 54.6 Å². The summed E-state index contributed by atoms with van der Waals surface area (Å²) in [6.45, 7) is 3.85. The molecule has 2 heterocycles. The van der Waals surface area contributed by atoms with Gasteiger partial charge in [0.25, 0.3) is 6.47 Å². The molecule has 34 heavy (non-hydrogen) atoms. The van der Waals surface area contributed by atoms with Gasteiger partial charge in [-0.05, 0) is 73.5 Å². The number of likely N-dealkylation sites (tertiary alicyclic amines) is 1. The zero-order chi connectivity index (χ0) is 23.9. The fourth-order valence-electron chi connectivity index (χ4n) is 6.07. The minimum absolute atomic E-state index is 0.0204. The maximum absolute atomic E-state index is 14.3. The van der Waals surface area contributed by atoms with Crippen LogP contribution in [0.2, 0.25) is 0 Å². The van der Waals surface area contributed by atoms with Crippen LogP contribution < -0.4 is 9.47 Å². The molecular formula is C27H30F2N2O3. The number of hydrogen-bond acceptors (Lipinski definition) is 4. The highest BCUT2D eigenvalue weighted by atomic mass is 19.3. The Labute approximate surface area is 198 Å². The number of piperidine rings is 1. The molecule has 5 rings (SSSR count). The van der Waals surface area contributed by atoms with Gasteiger partial charge in [0.1, 0.15) is 11.5 Å². The van der Waals surface area contributed by atoms with Crippen molar-refractivity contribution in [3.05, 3.63) is 59.3 Å². The molecule has 1 aromatic heterocycles. The van der Waals surface area contributed by atoms with E-state index in [1.54, 1.807) is 19.2 Å². The number of halogens is 2. The molecule has 2 aromatic carbocycles. The molecular weight excluding hydrogens is 438 g/mol. The number of H-pyrrole nitrogens is 1. The summed E-state index contributed by atoms with van der Waals surface area (Å²) in [4.78, 5) is 16.4. The molecule has 1 spiro atoms. The first-order chi connectivity index (χ1) is 16.3. The molecule has 5 nitrogen and oxygen atoms in total. The van der Waals surface area contributed by atoms with E-state index < -0.39 is 5.92 Å². The predicted molar refractivity (Wildman–Crippen MR) is 126 cm³/mol. The molecule has 1 aliphatic carbocycles. The Morgan fingerprint density at radius 3 is 2.65 bits per heavy atom. The number of ether oxygens (including phenoxy) is 2. The summed E-state index contributed by atoms with van der Waals surface area (Å²) in [7, 11) is 1.69. The highest BCUT2D eigenvalue weighted by Gasteiger charge is 2.52. The molecule has 180 valence electrons. The van der Waals surface area contributed by atoms with Crippen LogP contribution in [0.1, 0.15) is 54.8 Å². The van der Waals surface area contributed by atoms with Crippen molar-refractivity contribution >= 4 is 17.4 Å². The number of nitrogens with zero attached hydrogens (tertiary/aromatic N) is 1. The standard InChI is InChI=1S/C27H30F2N2O3/c1-18-13-24(33-2)22(21-7-11-30-25(18)21)15-31-12-10-26(8-9-27(28,29)16-26)14-23(31)19-3-5-20(6-4-19)34-17-32/h3-7,11,13,17,23,30H,8-10,12,14-16H2,1-2H3/t23-,26?/m0/s1. The lowest BCUT2D eigenvalue weighted by Gasteiger charge is -2.45. The van der Waals surface area contributed by atoms with Crippen LogP contribution in [0.5, 0.6) is 11.5 Å². The number of nitrogens with one attached hydrogen (secondary N) is 1.